The average Bonchev–Trinajstić information content (AvgIpc) is 3.03. The molecule has 1 aliphatic heterocycles. The van der Waals surface area contributed by atoms with E-state index in [0.717, 1.165) is 30.3 Å². The Morgan fingerprint density at radius 2 is 2.15 bits per heavy atom. The first-order valence-electron chi connectivity index (χ1n) is 8.90. The van der Waals surface area contributed by atoms with Gasteiger partial charge in [-0.05, 0) is 38.5 Å². The lowest BCUT2D eigenvalue weighted by molar-refractivity contribution is -0.0605. The Bertz CT molecular complexity index is 746. The van der Waals surface area contributed by atoms with Crippen molar-refractivity contribution in [3.63, 3.8) is 0 Å². The van der Waals surface area contributed by atoms with Crippen LogP contribution in [0, 0.1) is 12.7 Å². The second kappa shape index (κ2) is 8.60. The molecule has 0 aliphatic carbocycles. The summed E-state index contributed by atoms with van der Waals surface area (Å²) in [6, 6.07) is 6.55. The fraction of sp³-hybridized carbons (Fsp3) is 0.474. The maximum absolute atomic E-state index is 13.2. The van der Waals surface area contributed by atoms with Gasteiger partial charge in [0.2, 0.25) is 0 Å². The van der Waals surface area contributed by atoms with Crippen LogP contribution in [0.3, 0.4) is 0 Å². The van der Waals surface area contributed by atoms with E-state index in [-0.39, 0.29) is 18.0 Å². The molecule has 2 unspecified atom stereocenters. The van der Waals surface area contributed by atoms with Gasteiger partial charge in [0.15, 0.2) is 5.96 Å². The van der Waals surface area contributed by atoms with Crippen molar-refractivity contribution in [2.24, 2.45) is 4.99 Å². The van der Waals surface area contributed by atoms with Crippen molar-refractivity contribution in [3.05, 3.63) is 51.7 Å². The van der Waals surface area contributed by atoms with Gasteiger partial charge >= 0.3 is 0 Å². The minimum atomic E-state index is -0.232. The zero-order valence-electron chi connectivity index (χ0n) is 15.4. The maximum atomic E-state index is 13.2. The predicted molar refractivity (Wildman–Crippen MR) is 103 cm³/mol. The molecular weight excluding hydrogens is 351 g/mol. The van der Waals surface area contributed by atoms with E-state index in [1.165, 1.54) is 17.0 Å². The summed E-state index contributed by atoms with van der Waals surface area (Å²) in [5.74, 6) is 0.645. The third-order valence-electron chi connectivity index (χ3n) is 4.35. The highest BCUT2D eigenvalue weighted by molar-refractivity contribution is 7.09. The number of hydrogen-bond donors (Lipinski definition) is 1. The largest absolute Gasteiger partial charge is 0.367 e. The number of thiazole rings is 1. The number of benzene rings is 1. The Kier molecular flexibility index (Phi) is 6.21. The topological polar surface area (TPSA) is 49.8 Å². The molecule has 1 saturated heterocycles. The van der Waals surface area contributed by atoms with Gasteiger partial charge in [-0.15, -0.1) is 11.3 Å². The molecule has 26 heavy (non-hydrogen) atoms. The van der Waals surface area contributed by atoms with Crippen molar-refractivity contribution in [1.29, 1.82) is 0 Å². The van der Waals surface area contributed by atoms with Crippen LogP contribution in [0.25, 0.3) is 0 Å². The molecule has 0 bridgehead atoms. The molecular formula is C19H25FN4OS. The summed E-state index contributed by atoms with van der Waals surface area (Å²) < 4.78 is 19.3. The lowest BCUT2D eigenvalue weighted by Crippen LogP contribution is -2.50. The third kappa shape index (κ3) is 4.59. The standard InChI is InChI=1S/C19H25FN4OS/c1-4-21-19(22-9-18-14(3)23-12-26-18)24-10-13(2)25-17(11-24)15-5-7-16(20)8-6-15/h5-8,12-13,17H,4,9-11H2,1-3H3,(H,21,22). The number of aromatic nitrogens is 1. The molecule has 7 heteroatoms. The first-order valence-corrected chi connectivity index (χ1v) is 9.78. The monoisotopic (exact) mass is 376 g/mol. The van der Waals surface area contributed by atoms with Gasteiger partial charge in [0, 0.05) is 18.0 Å². The van der Waals surface area contributed by atoms with Crippen molar-refractivity contribution < 1.29 is 9.13 Å². The van der Waals surface area contributed by atoms with Gasteiger partial charge in [0.1, 0.15) is 11.9 Å². The van der Waals surface area contributed by atoms with E-state index in [4.69, 9.17) is 9.73 Å². The normalized spacial score (nSPS) is 21.1. The van der Waals surface area contributed by atoms with Crippen molar-refractivity contribution in [3.8, 4) is 0 Å². The summed E-state index contributed by atoms with van der Waals surface area (Å²) in [5, 5.41) is 3.38. The molecule has 1 N–H and O–H groups in total. The van der Waals surface area contributed by atoms with Gasteiger partial charge in [0.25, 0.3) is 0 Å². The van der Waals surface area contributed by atoms with E-state index in [9.17, 15) is 4.39 Å². The highest BCUT2D eigenvalue weighted by Gasteiger charge is 2.28. The van der Waals surface area contributed by atoms with Crippen LogP contribution in [0.1, 0.15) is 36.1 Å². The van der Waals surface area contributed by atoms with Crippen LogP contribution in [0.5, 0.6) is 0 Å². The molecule has 1 aliphatic rings. The Morgan fingerprint density at radius 3 is 2.81 bits per heavy atom. The first kappa shape index (κ1) is 18.8. The van der Waals surface area contributed by atoms with E-state index in [0.29, 0.717) is 13.1 Å². The van der Waals surface area contributed by atoms with Crippen LogP contribution >= 0.6 is 11.3 Å². The molecule has 0 spiro atoms. The fourth-order valence-corrected chi connectivity index (χ4v) is 3.74. The Morgan fingerprint density at radius 1 is 1.38 bits per heavy atom. The van der Waals surface area contributed by atoms with Crippen LogP contribution in [0.4, 0.5) is 4.39 Å². The Hall–Kier alpha value is -1.99. The minimum absolute atomic E-state index is 0.0628. The molecule has 2 heterocycles. The number of guanidine groups is 1. The number of aliphatic imine (C=N–C) groups is 1. The average molecular weight is 377 g/mol. The van der Waals surface area contributed by atoms with Gasteiger partial charge in [0.05, 0.1) is 30.4 Å². The van der Waals surface area contributed by atoms with E-state index < -0.39 is 0 Å². The first-order chi connectivity index (χ1) is 12.6. The zero-order chi connectivity index (χ0) is 18.5. The number of rotatable bonds is 4. The van der Waals surface area contributed by atoms with Crippen LogP contribution in [0.2, 0.25) is 0 Å². The minimum Gasteiger partial charge on any atom is -0.367 e. The molecule has 1 aromatic heterocycles. The fourth-order valence-electron chi connectivity index (χ4n) is 3.04. The second-order valence-corrected chi connectivity index (χ2v) is 7.36. The molecule has 2 atom stereocenters. The molecule has 140 valence electrons. The number of halogens is 1. The van der Waals surface area contributed by atoms with E-state index >= 15 is 0 Å². The molecule has 1 fully saturated rings. The molecule has 0 saturated carbocycles. The molecule has 5 nitrogen and oxygen atoms in total. The van der Waals surface area contributed by atoms with Gasteiger partial charge in [-0.25, -0.2) is 14.4 Å². The highest BCUT2D eigenvalue weighted by Crippen LogP contribution is 2.25. The van der Waals surface area contributed by atoms with Crippen molar-refractivity contribution >= 4 is 17.3 Å². The van der Waals surface area contributed by atoms with E-state index in [1.54, 1.807) is 23.5 Å². The quantitative estimate of drug-likeness (QED) is 0.655. The lowest BCUT2D eigenvalue weighted by atomic mass is 10.1. The SMILES string of the molecule is CCNC(=NCc1scnc1C)N1CC(C)OC(c2ccc(F)cc2)C1. The molecule has 0 amide bonds. The van der Waals surface area contributed by atoms with Crippen LogP contribution in [-0.4, -0.2) is 41.6 Å². The van der Waals surface area contributed by atoms with Gasteiger partial charge < -0.3 is 15.0 Å². The molecule has 3 rings (SSSR count). The van der Waals surface area contributed by atoms with Crippen LogP contribution < -0.4 is 5.32 Å². The number of ether oxygens (including phenoxy) is 1. The smallest absolute Gasteiger partial charge is 0.194 e. The van der Waals surface area contributed by atoms with Gasteiger partial charge in [-0.3, -0.25) is 0 Å². The lowest BCUT2D eigenvalue weighted by Gasteiger charge is -2.38. The summed E-state index contributed by atoms with van der Waals surface area (Å²) in [5.41, 5.74) is 3.88. The number of morpholine rings is 1. The maximum Gasteiger partial charge on any atom is 0.194 e. The molecule has 2 aromatic rings. The number of nitrogens with zero attached hydrogens (tertiary/aromatic N) is 3. The third-order valence-corrected chi connectivity index (χ3v) is 5.27. The molecule has 0 radical (unpaired) electrons. The Labute approximate surface area is 157 Å². The van der Waals surface area contributed by atoms with Gasteiger partial charge in [-0.1, -0.05) is 12.1 Å². The Balaban J connectivity index is 1.77. The van der Waals surface area contributed by atoms with Crippen molar-refractivity contribution in [2.45, 2.75) is 39.5 Å². The van der Waals surface area contributed by atoms with Crippen molar-refractivity contribution in [1.82, 2.24) is 15.2 Å². The van der Waals surface area contributed by atoms with Crippen LogP contribution in [0.15, 0.2) is 34.8 Å². The summed E-state index contributed by atoms with van der Waals surface area (Å²) in [6.45, 7) is 9.00. The second-order valence-electron chi connectivity index (χ2n) is 6.42. The van der Waals surface area contributed by atoms with E-state index in [1.807, 2.05) is 12.4 Å². The zero-order valence-corrected chi connectivity index (χ0v) is 16.2. The number of hydrogen-bond acceptors (Lipinski definition) is 4. The summed E-state index contributed by atoms with van der Waals surface area (Å²) in [4.78, 5) is 12.5. The number of nitrogens with one attached hydrogen (secondary N) is 1. The van der Waals surface area contributed by atoms with E-state index in [2.05, 4.69) is 29.0 Å². The number of aryl methyl sites for hydroxylation is 1. The summed E-state index contributed by atoms with van der Waals surface area (Å²) in [7, 11) is 0. The van der Waals surface area contributed by atoms with Gasteiger partial charge in [-0.2, -0.15) is 0 Å². The van der Waals surface area contributed by atoms with Crippen LogP contribution in [-0.2, 0) is 11.3 Å². The predicted octanol–water partition coefficient (Wildman–Crippen LogP) is 3.52. The molecule has 1 aromatic carbocycles. The summed E-state index contributed by atoms with van der Waals surface area (Å²) in [6.07, 6.45) is -0.0406. The highest BCUT2D eigenvalue weighted by atomic mass is 32.1. The summed E-state index contributed by atoms with van der Waals surface area (Å²) >= 11 is 1.63. The van der Waals surface area contributed by atoms with Crippen molar-refractivity contribution in [2.75, 3.05) is 19.6 Å².